The average molecular weight is 984 g/mol. The van der Waals surface area contributed by atoms with Gasteiger partial charge in [-0.25, -0.2) is 4.79 Å². The minimum absolute atomic E-state index is 0.0145. The summed E-state index contributed by atoms with van der Waals surface area (Å²) in [7, 11) is -2.67. The third-order valence-corrected chi connectivity index (χ3v) is 25.0. The number of ketones is 2. The van der Waals surface area contributed by atoms with Crippen LogP contribution in [0.5, 0.6) is 11.6 Å². The Bertz CT molecular complexity index is 2770. The summed E-state index contributed by atoms with van der Waals surface area (Å²) < 4.78 is 32.0. The minimum atomic E-state index is -3.36. The number of aliphatic hydroxyl groups is 1. The Hall–Kier alpha value is -5.65. The summed E-state index contributed by atoms with van der Waals surface area (Å²) in [5.74, 6) is -3.65. The van der Waals surface area contributed by atoms with Gasteiger partial charge in [0.15, 0.2) is 33.7 Å². The number of nitrogens with one attached hydrogen (secondary N) is 1. The van der Waals surface area contributed by atoms with Crippen molar-refractivity contribution < 1.29 is 42.6 Å². The average Bonchev–Trinajstić information content (AvgIpc) is 3.71. The molecular formula is C56H69N3O9Si2. The van der Waals surface area contributed by atoms with Crippen LogP contribution in [0.15, 0.2) is 125 Å². The Labute approximate surface area is 415 Å². The first-order valence-corrected chi connectivity index (χ1v) is 29.2. The van der Waals surface area contributed by atoms with E-state index in [1.54, 1.807) is 32.9 Å². The van der Waals surface area contributed by atoms with E-state index in [2.05, 4.69) is 113 Å². The van der Waals surface area contributed by atoms with Crippen molar-refractivity contribution in [3.8, 4) is 11.6 Å². The number of hydrogen-bond donors (Lipinski definition) is 2. The molecule has 8 rings (SSSR count). The van der Waals surface area contributed by atoms with Crippen LogP contribution in [0.1, 0.15) is 119 Å². The van der Waals surface area contributed by atoms with Gasteiger partial charge in [0.2, 0.25) is 5.78 Å². The zero-order valence-corrected chi connectivity index (χ0v) is 45.1. The van der Waals surface area contributed by atoms with Gasteiger partial charge in [0, 0.05) is 23.5 Å². The Morgan fingerprint density at radius 3 is 1.90 bits per heavy atom. The fourth-order valence-corrected chi connectivity index (χ4v) is 17.5. The van der Waals surface area contributed by atoms with Crippen LogP contribution in [0.3, 0.4) is 0 Å². The SMILES string of the molecule is C[C@H]1c2cccc(OC(=O)OC(C)(C)C)c2C(=O)C2=C(O)[C@]3(O[Si](C)(C)C(C)(C)C)C(=O)c4c(OCc5ccccc5)noc4[C@@H](N(C)C)[C@@H]3[C@@H](N[Si](c3ccccc3)(c3ccccc3)C(C)(C)C)[C@@H]21. The summed E-state index contributed by atoms with van der Waals surface area (Å²) in [4.78, 5) is 52.6. The van der Waals surface area contributed by atoms with E-state index in [1.807, 2.05) is 74.4 Å². The van der Waals surface area contributed by atoms with Crippen LogP contribution in [-0.2, 0) is 15.8 Å². The first kappa shape index (κ1) is 50.7. The van der Waals surface area contributed by atoms with Crippen LogP contribution in [0.2, 0.25) is 23.2 Å². The van der Waals surface area contributed by atoms with Gasteiger partial charge in [-0.2, -0.15) is 0 Å². The third kappa shape index (κ3) is 8.48. The Kier molecular flexibility index (Phi) is 13.2. The van der Waals surface area contributed by atoms with E-state index in [0.717, 1.165) is 15.9 Å². The number of rotatable bonds is 11. The van der Waals surface area contributed by atoms with Crippen molar-refractivity contribution in [1.82, 2.24) is 15.0 Å². The van der Waals surface area contributed by atoms with E-state index < -0.39 is 91.1 Å². The number of hydrogen-bond acceptors (Lipinski definition) is 12. The topological polar surface area (TPSA) is 150 Å². The van der Waals surface area contributed by atoms with Gasteiger partial charge in [-0.05, 0) is 96.7 Å². The van der Waals surface area contributed by atoms with Crippen molar-refractivity contribution in [3.63, 3.8) is 0 Å². The molecule has 70 heavy (non-hydrogen) atoms. The zero-order valence-electron chi connectivity index (χ0n) is 43.1. The molecule has 2 N–H and O–H groups in total. The molecule has 1 heterocycles. The van der Waals surface area contributed by atoms with Gasteiger partial charge in [-0.1, -0.05) is 152 Å². The maximum absolute atomic E-state index is 16.6. The molecular weight excluding hydrogens is 915 g/mol. The lowest BCUT2D eigenvalue weighted by molar-refractivity contribution is -0.0609. The predicted molar refractivity (Wildman–Crippen MR) is 276 cm³/mol. The number of nitrogens with zero attached hydrogens (tertiary/aromatic N) is 2. The monoisotopic (exact) mass is 983 g/mol. The summed E-state index contributed by atoms with van der Waals surface area (Å²) in [5, 5.41) is 19.5. The molecule has 0 spiro atoms. The molecule has 5 aromatic rings. The van der Waals surface area contributed by atoms with Crippen LogP contribution >= 0.6 is 0 Å². The number of aliphatic hydroxyl groups excluding tert-OH is 1. The van der Waals surface area contributed by atoms with Gasteiger partial charge in [0.25, 0.3) is 5.88 Å². The normalized spacial score (nSPS) is 22.8. The highest BCUT2D eigenvalue weighted by Crippen LogP contribution is 2.62. The van der Waals surface area contributed by atoms with Crippen molar-refractivity contribution in [1.29, 1.82) is 0 Å². The quantitative estimate of drug-likeness (QED) is 0.0737. The third-order valence-electron chi connectivity index (χ3n) is 15.1. The number of carbonyl (C=O) groups is 3. The molecule has 370 valence electrons. The smallest absolute Gasteiger partial charge is 0.508 e. The van der Waals surface area contributed by atoms with Crippen LogP contribution in [0.4, 0.5) is 4.79 Å². The first-order valence-electron chi connectivity index (χ1n) is 24.3. The summed E-state index contributed by atoms with van der Waals surface area (Å²) in [5.41, 5.74) is -1.44. The minimum Gasteiger partial charge on any atom is -0.508 e. The van der Waals surface area contributed by atoms with Crippen LogP contribution in [-0.4, -0.2) is 80.8 Å². The maximum Gasteiger partial charge on any atom is 0.514 e. The van der Waals surface area contributed by atoms with E-state index in [4.69, 9.17) is 23.2 Å². The van der Waals surface area contributed by atoms with E-state index in [-0.39, 0.29) is 40.7 Å². The van der Waals surface area contributed by atoms with Crippen molar-refractivity contribution in [3.05, 3.63) is 149 Å². The summed E-state index contributed by atoms with van der Waals surface area (Å²) in [6, 6.07) is 34.1. The molecule has 0 saturated carbocycles. The van der Waals surface area contributed by atoms with Crippen molar-refractivity contribution in [2.24, 2.45) is 11.8 Å². The first-order chi connectivity index (χ1) is 32.8. The van der Waals surface area contributed by atoms with Gasteiger partial charge >= 0.3 is 6.16 Å². The lowest BCUT2D eigenvalue weighted by atomic mass is 9.54. The van der Waals surface area contributed by atoms with Gasteiger partial charge < -0.3 is 33.2 Å². The highest BCUT2D eigenvalue weighted by molar-refractivity contribution is 7.02. The second kappa shape index (κ2) is 18.2. The van der Waals surface area contributed by atoms with E-state index >= 15 is 9.59 Å². The molecule has 0 fully saturated rings. The number of Topliss-reactive ketones (excluding diaryl/α,β-unsaturated/α-hetero) is 2. The predicted octanol–water partition coefficient (Wildman–Crippen LogP) is 10.7. The Morgan fingerprint density at radius 2 is 1.37 bits per heavy atom. The van der Waals surface area contributed by atoms with E-state index in [0.29, 0.717) is 5.56 Å². The maximum atomic E-state index is 16.6. The summed E-state index contributed by atoms with van der Waals surface area (Å²) in [6.45, 7) is 24.4. The van der Waals surface area contributed by atoms with Crippen LogP contribution in [0.25, 0.3) is 0 Å². The standard InChI is InChI=1S/C56H69N3O9Si2/c1-34-38-31-24-32-39(65-52(63)66-53(2,3)4)41(38)47(60)42-40(34)45(58-70(55(8,9)10,36-27-20-16-21-28-36)37-29-22-17-23-30-37)44-46(59(11)12)48-43(51(57-67-48)64-33-35-25-18-15-19-26-35)50(62)56(44,49(42)61)68-69(13,14)54(5,6)7/h15-32,34,40,44-46,58,61H,33H2,1-14H3/t34-,40+,44-,45-,46-,56-/m0/s1. The molecule has 3 aliphatic rings. The molecule has 0 unspecified atom stereocenters. The zero-order chi connectivity index (χ0) is 50.9. The second-order valence-electron chi connectivity index (χ2n) is 23.0. The molecule has 1 aromatic heterocycles. The highest BCUT2D eigenvalue weighted by Gasteiger charge is 2.72. The van der Waals surface area contributed by atoms with Gasteiger partial charge in [-0.3, -0.25) is 14.5 Å². The van der Waals surface area contributed by atoms with Gasteiger partial charge in [0.1, 0.15) is 29.3 Å². The lowest BCUT2D eigenvalue weighted by Crippen LogP contribution is -2.80. The molecule has 4 aromatic carbocycles. The van der Waals surface area contributed by atoms with Crippen molar-refractivity contribution >= 4 is 44.6 Å². The van der Waals surface area contributed by atoms with Crippen molar-refractivity contribution in [2.75, 3.05) is 14.1 Å². The lowest BCUT2D eigenvalue weighted by Gasteiger charge is -2.60. The molecule has 0 saturated heterocycles. The van der Waals surface area contributed by atoms with Crippen molar-refractivity contribution in [2.45, 2.75) is 128 Å². The molecule has 0 amide bonds. The van der Waals surface area contributed by atoms with E-state index in [1.165, 1.54) is 0 Å². The number of ether oxygens (including phenoxy) is 3. The molecule has 0 aliphatic heterocycles. The molecule has 0 bridgehead atoms. The number of aromatic nitrogens is 1. The highest BCUT2D eigenvalue weighted by atomic mass is 28.4. The molecule has 14 heteroatoms. The molecule has 6 atom stereocenters. The fraction of sp³-hybridized carbons (Fsp3) is 0.429. The van der Waals surface area contributed by atoms with Crippen LogP contribution in [0, 0.1) is 11.8 Å². The van der Waals surface area contributed by atoms with E-state index in [9.17, 15) is 9.90 Å². The number of fused-ring (bicyclic) bond motifs is 4. The Balaban J connectivity index is 1.49. The fourth-order valence-electron chi connectivity index (χ4n) is 11.0. The number of carbonyl (C=O) groups excluding carboxylic acids is 3. The number of benzene rings is 4. The summed E-state index contributed by atoms with van der Waals surface area (Å²) >= 11 is 0. The van der Waals surface area contributed by atoms with Gasteiger partial charge in [-0.15, -0.1) is 0 Å². The van der Waals surface area contributed by atoms with Gasteiger partial charge in [0.05, 0.1) is 11.6 Å². The largest absolute Gasteiger partial charge is 0.514 e. The van der Waals surface area contributed by atoms with Crippen LogP contribution < -0.4 is 24.8 Å². The molecule has 12 nitrogen and oxygen atoms in total. The molecule has 3 aliphatic carbocycles. The second-order valence-corrected chi connectivity index (χ2v) is 32.1. The Morgan fingerprint density at radius 1 is 0.800 bits per heavy atom. The molecule has 0 radical (unpaired) electrons. The summed E-state index contributed by atoms with van der Waals surface area (Å²) in [6.07, 6.45) is -0.978.